The summed E-state index contributed by atoms with van der Waals surface area (Å²) in [6.07, 6.45) is 10.2. The molecule has 2 saturated carbocycles. The van der Waals surface area contributed by atoms with Crippen molar-refractivity contribution < 1.29 is 23.8 Å². The molecule has 1 unspecified atom stereocenters. The summed E-state index contributed by atoms with van der Waals surface area (Å²) in [7, 11) is 0. The molecular weight excluding hydrogens is 459 g/mol. The number of hydrogen-bond donors (Lipinski definition) is 2. The van der Waals surface area contributed by atoms with Gasteiger partial charge in [0.2, 0.25) is 5.91 Å². The van der Waals surface area contributed by atoms with E-state index in [-0.39, 0.29) is 19.1 Å². The minimum absolute atomic E-state index is 0.143. The molecule has 0 spiro atoms. The van der Waals surface area contributed by atoms with E-state index in [4.69, 9.17) is 9.72 Å². The van der Waals surface area contributed by atoms with Crippen molar-refractivity contribution in [2.45, 2.75) is 88.2 Å². The van der Waals surface area contributed by atoms with E-state index in [9.17, 15) is 19.1 Å². The summed E-state index contributed by atoms with van der Waals surface area (Å²) in [6.45, 7) is 0.272. The molecule has 0 aliphatic heterocycles. The molecule has 1 atom stereocenters. The van der Waals surface area contributed by atoms with Gasteiger partial charge in [-0.2, -0.15) is 0 Å². The van der Waals surface area contributed by atoms with Crippen LogP contribution in [-0.4, -0.2) is 40.7 Å². The van der Waals surface area contributed by atoms with Gasteiger partial charge in [0.05, 0.1) is 11.5 Å². The van der Waals surface area contributed by atoms with Gasteiger partial charge in [0, 0.05) is 30.0 Å². The Morgan fingerprint density at radius 2 is 1.92 bits per heavy atom. The summed E-state index contributed by atoms with van der Waals surface area (Å²) < 4.78 is 20.2. The summed E-state index contributed by atoms with van der Waals surface area (Å²) in [5.41, 5.74) is 3.28. The standard InChI is InChI=1S/C29H35FN2O4/c30-24-7-3-2-6-23(24)29(14-15-29)28(35)32-26(27(33)34)13-16-36-22-17-19(18-22)9-11-21-12-10-20-5-1-4-8-25(20)31-21/h2-3,6-7,10,12,19,22,26H,1,4-5,8-9,11,13-18H2,(H,32,35)(H,33,34). The van der Waals surface area contributed by atoms with Crippen LogP contribution in [0.1, 0.15) is 73.9 Å². The number of hydrogen-bond acceptors (Lipinski definition) is 4. The molecule has 5 rings (SSSR count). The Kier molecular flexibility index (Phi) is 7.37. The Morgan fingerprint density at radius 3 is 2.67 bits per heavy atom. The molecular formula is C29H35FN2O4. The Labute approximate surface area is 211 Å². The SMILES string of the molecule is O=C(O)C(CCOC1CC(CCc2ccc3c(n2)CCCC3)C1)NC(=O)C1(c2ccccc2F)CC1. The highest BCUT2D eigenvalue weighted by Crippen LogP contribution is 2.49. The molecule has 36 heavy (non-hydrogen) atoms. The minimum atomic E-state index is -1.10. The third-order valence-corrected chi connectivity index (χ3v) is 8.17. The second-order valence-corrected chi connectivity index (χ2v) is 10.7. The van der Waals surface area contributed by atoms with Gasteiger partial charge in [0.25, 0.3) is 0 Å². The highest BCUT2D eigenvalue weighted by Gasteiger charge is 2.53. The molecule has 0 saturated heterocycles. The van der Waals surface area contributed by atoms with Crippen LogP contribution in [0.4, 0.5) is 4.39 Å². The summed E-state index contributed by atoms with van der Waals surface area (Å²) >= 11 is 0. The number of carboxylic acid groups (broad SMARTS) is 1. The fraction of sp³-hybridized carbons (Fsp3) is 0.552. The topological polar surface area (TPSA) is 88.5 Å². The Balaban J connectivity index is 1.03. The number of fused-ring (bicyclic) bond motifs is 1. The van der Waals surface area contributed by atoms with Crippen molar-refractivity contribution in [3.05, 3.63) is 64.7 Å². The number of pyridine rings is 1. The number of ether oxygens (including phenoxy) is 1. The van der Waals surface area contributed by atoms with Crippen LogP contribution in [0.3, 0.4) is 0 Å². The molecule has 2 fully saturated rings. The Hall–Kier alpha value is -2.80. The molecule has 7 heteroatoms. The average molecular weight is 495 g/mol. The van der Waals surface area contributed by atoms with E-state index >= 15 is 0 Å². The van der Waals surface area contributed by atoms with E-state index in [2.05, 4.69) is 17.4 Å². The smallest absolute Gasteiger partial charge is 0.326 e. The normalized spacial score (nSPS) is 22.7. The van der Waals surface area contributed by atoms with Crippen LogP contribution < -0.4 is 5.32 Å². The van der Waals surface area contributed by atoms with Gasteiger partial charge < -0.3 is 15.2 Å². The van der Waals surface area contributed by atoms with Crippen molar-refractivity contribution in [1.82, 2.24) is 10.3 Å². The van der Waals surface area contributed by atoms with Gasteiger partial charge in [0.15, 0.2) is 0 Å². The zero-order valence-electron chi connectivity index (χ0n) is 20.7. The van der Waals surface area contributed by atoms with Crippen molar-refractivity contribution in [2.24, 2.45) is 5.92 Å². The Bertz CT molecular complexity index is 1110. The van der Waals surface area contributed by atoms with Gasteiger partial charge in [-0.25, -0.2) is 9.18 Å². The van der Waals surface area contributed by atoms with Gasteiger partial charge in [0.1, 0.15) is 11.9 Å². The van der Waals surface area contributed by atoms with E-state index in [1.807, 2.05) is 0 Å². The molecule has 6 nitrogen and oxygen atoms in total. The van der Waals surface area contributed by atoms with Crippen LogP contribution in [0.25, 0.3) is 0 Å². The van der Waals surface area contributed by atoms with Crippen molar-refractivity contribution in [3.8, 4) is 0 Å². The van der Waals surface area contributed by atoms with Crippen molar-refractivity contribution in [1.29, 1.82) is 0 Å². The Morgan fingerprint density at radius 1 is 1.14 bits per heavy atom. The number of nitrogens with zero attached hydrogens (tertiary/aromatic N) is 1. The van der Waals surface area contributed by atoms with Crippen molar-refractivity contribution >= 4 is 11.9 Å². The van der Waals surface area contributed by atoms with E-state index in [0.717, 1.165) is 38.5 Å². The number of benzene rings is 1. The molecule has 192 valence electrons. The van der Waals surface area contributed by atoms with Crippen LogP contribution in [0.5, 0.6) is 0 Å². The lowest BCUT2D eigenvalue weighted by Crippen LogP contribution is -2.46. The molecule has 0 radical (unpaired) electrons. The number of amides is 1. The van der Waals surface area contributed by atoms with Crippen LogP contribution in [0.2, 0.25) is 0 Å². The summed E-state index contributed by atoms with van der Waals surface area (Å²) in [6, 6.07) is 9.60. The highest BCUT2D eigenvalue weighted by atomic mass is 19.1. The molecule has 1 aromatic carbocycles. The molecule has 1 aromatic heterocycles. The largest absolute Gasteiger partial charge is 0.480 e. The molecule has 2 aromatic rings. The first-order chi connectivity index (χ1) is 17.4. The molecule has 3 aliphatic carbocycles. The number of aryl methyl sites for hydroxylation is 3. The number of halogens is 1. The molecule has 0 bridgehead atoms. The summed E-state index contributed by atoms with van der Waals surface area (Å²) in [5, 5.41) is 12.2. The van der Waals surface area contributed by atoms with Crippen LogP contribution >= 0.6 is 0 Å². The number of rotatable bonds is 11. The minimum Gasteiger partial charge on any atom is -0.480 e. The van der Waals surface area contributed by atoms with Gasteiger partial charge in [-0.1, -0.05) is 24.3 Å². The highest BCUT2D eigenvalue weighted by molar-refractivity contribution is 5.94. The average Bonchev–Trinajstić information content (AvgIpc) is 3.66. The number of nitrogens with one attached hydrogen (secondary N) is 1. The van der Waals surface area contributed by atoms with Crippen molar-refractivity contribution in [3.63, 3.8) is 0 Å². The summed E-state index contributed by atoms with van der Waals surface area (Å²) in [5.74, 6) is -1.33. The first-order valence-electron chi connectivity index (χ1n) is 13.3. The van der Waals surface area contributed by atoms with E-state index in [1.54, 1.807) is 18.2 Å². The second kappa shape index (κ2) is 10.7. The quantitative estimate of drug-likeness (QED) is 0.480. The third kappa shape index (κ3) is 5.46. The maximum Gasteiger partial charge on any atom is 0.326 e. The lowest BCUT2D eigenvalue weighted by atomic mass is 9.79. The third-order valence-electron chi connectivity index (χ3n) is 8.17. The lowest BCUT2D eigenvalue weighted by molar-refractivity contribution is -0.143. The van der Waals surface area contributed by atoms with Crippen LogP contribution in [0.15, 0.2) is 36.4 Å². The molecule has 1 heterocycles. The fourth-order valence-electron chi connectivity index (χ4n) is 5.66. The van der Waals surface area contributed by atoms with Gasteiger partial charge in [-0.3, -0.25) is 9.78 Å². The molecule has 2 N–H and O–H groups in total. The van der Waals surface area contributed by atoms with E-state index < -0.39 is 29.2 Å². The predicted octanol–water partition coefficient (Wildman–Crippen LogP) is 4.52. The predicted molar refractivity (Wildman–Crippen MR) is 133 cm³/mol. The van der Waals surface area contributed by atoms with Gasteiger partial charge in [-0.05, 0) is 87.8 Å². The van der Waals surface area contributed by atoms with E-state index in [1.165, 1.54) is 35.9 Å². The number of aliphatic carboxylic acids is 1. The molecule has 1 amide bonds. The zero-order chi connectivity index (χ0) is 25.1. The monoisotopic (exact) mass is 494 g/mol. The van der Waals surface area contributed by atoms with Gasteiger partial charge in [-0.15, -0.1) is 0 Å². The fourth-order valence-corrected chi connectivity index (χ4v) is 5.66. The maximum absolute atomic E-state index is 14.2. The lowest BCUT2D eigenvalue weighted by Gasteiger charge is -2.35. The number of aromatic nitrogens is 1. The molecule has 3 aliphatic rings. The number of carbonyl (C=O) groups excluding carboxylic acids is 1. The van der Waals surface area contributed by atoms with E-state index in [0.29, 0.717) is 24.3 Å². The zero-order valence-corrected chi connectivity index (χ0v) is 20.7. The van der Waals surface area contributed by atoms with Gasteiger partial charge >= 0.3 is 5.97 Å². The second-order valence-electron chi connectivity index (χ2n) is 10.7. The van der Waals surface area contributed by atoms with Crippen LogP contribution in [0, 0.1) is 11.7 Å². The van der Waals surface area contributed by atoms with Crippen molar-refractivity contribution in [2.75, 3.05) is 6.61 Å². The number of carbonyl (C=O) groups is 2. The first-order valence-corrected chi connectivity index (χ1v) is 13.3. The maximum atomic E-state index is 14.2. The van der Waals surface area contributed by atoms with Crippen LogP contribution in [-0.2, 0) is 39.0 Å². The first kappa shape index (κ1) is 24.9. The number of carboxylic acids is 1. The summed E-state index contributed by atoms with van der Waals surface area (Å²) in [4.78, 5) is 29.5.